The van der Waals surface area contributed by atoms with Crippen LogP contribution < -0.4 is 5.73 Å². The molecule has 1 heteroatoms. The SMILES string of the molecule is Cc1cc(C)c(CC(C)(C)CN)c(C)c1. The maximum atomic E-state index is 5.78. The molecule has 0 aliphatic carbocycles. The summed E-state index contributed by atoms with van der Waals surface area (Å²) in [7, 11) is 0. The highest BCUT2D eigenvalue weighted by Crippen LogP contribution is 2.25. The second kappa shape index (κ2) is 4.36. The van der Waals surface area contributed by atoms with Crippen LogP contribution in [0.3, 0.4) is 0 Å². The van der Waals surface area contributed by atoms with Gasteiger partial charge in [0, 0.05) is 0 Å². The molecule has 0 fully saturated rings. The van der Waals surface area contributed by atoms with Crippen molar-refractivity contribution in [3.05, 3.63) is 34.4 Å². The summed E-state index contributed by atoms with van der Waals surface area (Å²) in [5, 5.41) is 0. The van der Waals surface area contributed by atoms with Gasteiger partial charge < -0.3 is 5.73 Å². The molecule has 0 aromatic heterocycles. The van der Waals surface area contributed by atoms with Crippen LogP contribution in [0.2, 0.25) is 0 Å². The summed E-state index contributed by atoms with van der Waals surface area (Å²) < 4.78 is 0. The summed E-state index contributed by atoms with van der Waals surface area (Å²) in [5.41, 5.74) is 11.6. The first-order valence-corrected chi connectivity index (χ1v) is 5.62. The first-order valence-electron chi connectivity index (χ1n) is 5.62. The van der Waals surface area contributed by atoms with Gasteiger partial charge in [-0.3, -0.25) is 0 Å². The standard InChI is InChI=1S/C14H23N/c1-10-6-11(2)13(12(3)7-10)8-14(4,5)9-15/h6-7H,8-9,15H2,1-5H3. The van der Waals surface area contributed by atoms with E-state index in [9.17, 15) is 0 Å². The van der Waals surface area contributed by atoms with Gasteiger partial charge >= 0.3 is 0 Å². The lowest BCUT2D eigenvalue weighted by atomic mass is 9.82. The number of benzene rings is 1. The van der Waals surface area contributed by atoms with Crippen molar-refractivity contribution in [1.29, 1.82) is 0 Å². The highest BCUT2D eigenvalue weighted by molar-refractivity contribution is 5.38. The van der Waals surface area contributed by atoms with Gasteiger partial charge in [-0.05, 0) is 55.8 Å². The Balaban J connectivity index is 3.05. The van der Waals surface area contributed by atoms with E-state index in [4.69, 9.17) is 5.73 Å². The number of aryl methyl sites for hydroxylation is 3. The minimum absolute atomic E-state index is 0.199. The fraction of sp³-hybridized carbons (Fsp3) is 0.571. The zero-order valence-corrected chi connectivity index (χ0v) is 10.6. The van der Waals surface area contributed by atoms with Gasteiger partial charge in [-0.1, -0.05) is 31.5 Å². The topological polar surface area (TPSA) is 26.0 Å². The van der Waals surface area contributed by atoms with Crippen molar-refractivity contribution in [3.8, 4) is 0 Å². The molecule has 1 nitrogen and oxygen atoms in total. The summed E-state index contributed by atoms with van der Waals surface area (Å²) in [5.74, 6) is 0. The first-order chi connectivity index (χ1) is 6.85. The second-order valence-corrected chi connectivity index (χ2v) is 5.42. The van der Waals surface area contributed by atoms with E-state index in [1.54, 1.807) is 0 Å². The van der Waals surface area contributed by atoms with E-state index in [1.807, 2.05) is 0 Å². The highest BCUT2D eigenvalue weighted by atomic mass is 14.6. The van der Waals surface area contributed by atoms with Crippen molar-refractivity contribution in [2.45, 2.75) is 41.0 Å². The highest BCUT2D eigenvalue weighted by Gasteiger charge is 2.18. The van der Waals surface area contributed by atoms with Crippen LogP contribution in [0.4, 0.5) is 0 Å². The number of rotatable bonds is 3. The summed E-state index contributed by atoms with van der Waals surface area (Å²) >= 11 is 0. The van der Waals surface area contributed by atoms with Crippen molar-refractivity contribution in [1.82, 2.24) is 0 Å². The number of hydrogen-bond donors (Lipinski definition) is 1. The molecular weight excluding hydrogens is 182 g/mol. The molecule has 1 rings (SSSR count). The molecule has 1 aromatic rings. The lowest BCUT2D eigenvalue weighted by molar-refractivity contribution is 0.375. The Morgan fingerprint density at radius 3 is 1.93 bits per heavy atom. The Bertz CT molecular complexity index is 327. The minimum Gasteiger partial charge on any atom is -0.330 e. The number of hydrogen-bond acceptors (Lipinski definition) is 1. The van der Waals surface area contributed by atoms with Gasteiger partial charge in [0.05, 0.1) is 0 Å². The van der Waals surface area contributed by atoms with E-state index in [2.05, 4.69) is 46.8 Å². The number of nitrogens with two attached hydrogens (primary N) is 1. The average molecular weight is 205 g/mol. The predicted molar refractivity (Wildman–Crippen MR) is 67.2 cm³/mol. The molecule has 0 amide bonds. The summed E-state index contributed by atoms with van der Waals surface area (Å²) in [6, 6.07) is 4.52. The van der Waals surface area contributed by atoms with E-state index in [-0.39, 0.29) is 5.41 Å². The van der Waals surface area contributed by atoms with E-state index < -0.39 is 0 Å². The Hall–Kier alpha value is -0.820. The molecule has 0 saturated heterocycles. The van der Waals surface area contributed by atoms with Gasteiger partial charge in [0.25, 0.3) is 0 Å². The van der Waals surface area contributed by atoms with Gasteiger partial charge in [0.2, 0.25) is 0 Å². The third kappa shape index (κ3) is 3.07. The Labute approximate surface area is 93.7 Å². The third-order valence-electron chi connectivity index (χ3n) is 3.05. The summed E-state index contributed by atoms with van der Waals surface area (Å²) in [6.45, 7) is 11.7. The van der Waals surface area contributed by atoms with Crippen LogP contribution in [0.15, 0.2) is 12.1 Å². The molecule has 0 unspecified atom stereocenters. The summed E-state index contributed by atoms with van der Waals surface area (Å²) in [4.78, 5) is 0. The lowest BCUT2D eigenvalue weighted by Crippen LogP contribution is -2.26. The molecule has 2 N–H and O–H groups in total. The molecule has 84 valence electrons. The van der Waals surface area contributed by atoms with Gasteiger partial charge in [-0.25, -0.2) is 0 Å². The van der Waals surface area contributed by atoms with Gasteiger partial charge in [-0.15, -0.1) is 0 Å². The van der Waals surface area contributed by atoms with E-state index in [0.717, 1.165) is 13.0 Å². The van der Waals surface area contributed by atoms with Crippen molar-refractivity contribution in [3.63, 3.8) is 0 Å². The van der Waals surface area contributed by atoms with Crippen LogP contribution in [-0.2, 0) is 6.42 Å². The molecule has 0 heterocycles. The molecule has 0 aliphatic heterocycles. The van der Waals surface area contributed by atoms with Crippen molar-refractivity contribution >= 4 is 0 Å². The average Bonchev–Trinajstić information content (AvgIpc) is 2.11. The van der Waals surface area contributed by atoms with Crippen LogP contribution in [0.25, 0.3) is 0 Å². The van der Waals surface area contributed by atoms with E-state index in [0.29, 0.717) is 0 Å². The van der Waals surface area contributed by atoms with Crippen LogP contribution in [0.5, 0.6) is 0 Å². The van der Waals surface area contributed by atoms with Crippen LogP contribution in [-0.4, -0.2) is 6.54 Å². The lowest BCUT2D eigenvalue weighted by Gasteiger charge is -2.25. The zero-order valence-electron chi connectivity index (χ0n) is 10.6. The largest absolute Gasteiger partial charge is 0.330 e. The summed E-state index contributed by atoms with van der Waals surface area (Å²) in [6.07, 6.45) is 1.07. The Kier molecular flexibility index (Phi) is 3.56. The first kappa shape index (κ1) is 12.3. The molecular formula is C14H23N. The fourth-order valence-corrected chi connectivity index (χ4v) is 2.04. The Morgan fingerprint density at radius 1 is 1.07 bits per heavy atom. The van der Waals surface area contributed by atoms with Gasteiger partial charge in [-0.2, -0.15) is 0 Å². The van der Waals surface area contributed by atoms with Gasteiger partial charge in [0.15, 0.2) is 0 Å². The molecule has 0 atom stereocenters. The smallest absolute Gasteiger partial charge is 0.00226 e. The third-order valence-corrected chi connectivity index (χ3v) is 3.05. The van der Waals surface area contributed by atoms with Crippen molar-refractivity contribution in [2.75, 3.05) is 6.54 Å². The van der Waals surface area contributed by atoms with Gasteiger partial charge in [0.1, 0.15) is 0 Å². The van der Waals surface area contributed by atoms with Crippen LogP contribution in [0.1, 0.15) is 36.1 Å². The zero-order chi connectivity index (χ0) is 11.6. The predicted octanol–water partition coefficient (Wildman–Crippen LogP) is 3.14. The monoisotopic (exact) mass is 205 g/mol. The molecule has 15 heavy (non-hydrogen) atoms. The van der Waals surface area contributed by atoms with Crippen molar-refractivity contribution < 1.29 is 0 Å². The Morgan fingerprint density at radius 2 is 1.53 bits per heavy atom. The molecule has 0 radical (unpaired) electrons. The molecule has 0 spiro atoms. The quantitative estimate of drug-likeness (QED) is 0.806. The molecule has 0 aliphatic rings. The van der Waals surface area contributed by atoms with Crippen molar-refractivity contribution in [2.24, 2.45) is 11.1 Å². The van der Waals surface area contributed by atoms with Crippen LogP contribution >= 0.6 is 0 Å². The van der Waals surface area contributed by atoms with E-state index in [1.165, 1.54) is 22.3 Å². The maximum absolute atomic E-state index is 5.78. The molecule has 1 aromatic carbocycles. The molecule has 0 saturated carbocycles. The van der Waals surface area contributed by atoms with E-state index >= 15 is 0 Å². The molecule has 0 bridgehead atoms. The minimum atomic E-state index is 0.199. The van der Waals surface area contributed by atoms with Crippen LogP contribution in [0, 0.1) is 26.2 Å². The second-order valence-electron chi connectivity index (χ2n) is 5.42. The maximum Gasteiger partial charge on any atom is -0.00226 e. The fourth-order valence-electron chi connectivity index (χ4n) is 2.04. The normalized spacial score (nSPS) is 11.9.